The molecule has 1 saturated heterocycles. The van der Waals surface area contributed by atoms with E-state index in [2.05, 4.69) is 36.1 Å². The van der Waals surface area contributed by atoms with E-state index in [-0.39, 0.29) is 18.5 Å². The summed E-state index contributed by atoms with van der Waals surface area (Å²) in [7, 11) is 0. The molecule has 1 fully saturated rings. The van der Waals surface area contributed by atoms with Gasteiger partial charge in [-0.05, 0) is 54.7 Å². The second kappa shape index (κ2) is 10.6. The fraction of sp³-hybridized carbons (Fsp3) is 0.478. The maximum absolute atomic E-state index is 13.0. The summed E-state index contributed by atoms with van der Waals surface area (Å²) in [5, 5.41) is 10.5. The molecule has 5 heteroatoms. The Bertz CT molecular complexity index is 699. The van der Waals surface area contributed by atoms with Crippen LogP contribution in [0, 0.1) is 5.82 Å². The first kappa shape index (κ1) is 20.8. The van der Waals surface area contributed by atoms with Gasteiger partial charge >= 0.3 is 0 Å². The normalized spacial score (nSPS) is 17.8. The molecule has 1 N–H and O–H groups in total. The van der Waals surface area contributed by atoms with Crippen LogP contribution in [0.25, 0.3) is 0 Å². The van der Waals surface area contributed by atoms with E-state index in [1.54, 1.807) is 12.1 Å². The first-order valence-electron chi connectivity index (χ1n) is 10.1. The van der Waals surface area contributed by atoms with E-state index in [4.69, 9.17) is 9.47 Å². The molecule has 0 radical (unpaired) electrons. The smallest absolute Gasteiger partial charge is 0.123 e. The zero-order valence-corrected chi connectivity index (χ0v) is 16.5. The molecule has 0 saturated carbocycles. The maximum atomic E-state index is 13.0. The first-order valence-corrected chi connectivity index (χ1v) is 10.1. The second-order valence-electron chi connectivity index (χ2n) is 7.42. The summed E-state index contributed by atoms with van der Waals surface area (Å²) in [5.41, 5.74) is 2.55. The molecule has 152 valence electrons. The predicted octanol–water partition coefficient (Wildman–Crippen LogP) is 3.81. The minimum absolute atomic E-state index is 0.169. The highest BCUT2D eigenvalue weighted by molar-refractivity contribution is 5.23. The van der Waals surface area contributed by atoms with Crippen molar-refractivity contribution in [2.45, 2.75) is 44.9 Å². The Morgan fingerprint density at radius 2 is 1.86 bits per heavy atom. The van der Waals surface area contributed by atoms with Crippen molar-refractivity contribution >= 4 is 0 Å². The van der Waals surface area contributed by atoms with Gasteiger partial charge in [-0.3, -0.25) is 4.90 Å². The molecule has 1 heterocycles. The lowest BCUT2D eigenvalue weighted by atomic mass is 10.1. The van der Waals surface area contributed by atoms with Crippen LogP contribution in [-0.2, 0) is 17.7 Å². The van der Waals surface area contributed by atoms with Crippen molar-refractivity contribution in [3.8, 4) is 5.75 Å². The van der Waals surface area contributed by atoms with E-state index >= 15 is 0 Å². The molecule has 2 atom stereocenters. The Hall–Kier alpha value is -1.95. The van der Waals surface area contributed by atoms with Crippen LogP contribution < -0.4 is 4.74 Å². The van der Waals surface area contributed by atoms with Gasteiger partial charge < -0.3 is 14.6 Å². The molecule has 0 aliphatic carbocycles. The van der Waals surface area contributed by atoms with E-state index in [0.717, 1.165) is 39.0 Å². The van der Waals surface area contributed by atoms with Crippen molar-refractivity contribution in [1.29, 1.82) is 0 Å². The highest BCUT2D eigenvalue weighted by Gasteiger charge is 2.21. The van der Waals surface area contributed by atoms with Gasteiger partial charge in [0.25, 0.3) is 0 Å². The number of ether oxygens (including phenoxy) is 2. The van der Waals surface area contributed by atoms with Crippen molar-refractivity contribution in [1.82, 2.24) is 4.90 Å². The molecule has 2 aromatic carbocycles. The van der Waals surface area contributed by atoms with Crippen LogP contribution in [0.3, 0.4) is 0 Å². The molecule has 2 unspecified atom stereocenters. The molecule has 0 spiro atoms. The number of hydrogen-bond donors (Lipinski definition) is 1. The maximum Gasteiger partial charge on any atom is 0.123 e. The van der Waals surface area contributed by atoms with Crippen molar-refractivity contribution in [2.24, 2.45) is 0 Å². The lowest BCUT2D eigenvalue weighted by Crippen LogP contribution is -2.39. The Balaban J connectivity index is 1.55. The fourth-order valence-electron chi connectivity index (χ4n) is 3.49. The van der Waals surface area contributed by atoms with Crippen LogP contribution in [0.15, 0.2) is 48.5 Å². The van der Waals surface area contributed by atoms with Gasteiger partial charge in [-0.2, -0.15) is 0 Å². The molecule has 28 heavy (non-hydrogen) atoms. The summed E-state index contributed by atoms with van der Waals surface area (Å²) in [5.74, 6) is 0.256. The van der Waals surface area contributed by atoms with Crippen LogP contribution in [0.5, 0.6) is 5.75 Å². The van der Waals surface area contributed by atoms with Crippen LogP contribution >= 0.6 is 0 Å². The molecular weight excluding hydrogens is 357 g/mol. The SMILES string of the molecule is CCc1ccc(CN(CC(O)COc2ccc(F)cc2)CC2CCCO2)cc1. The summed E-state index contributed by atoms with van der Waals surface area (Å²) < 4.78 is 24.4. The minimum atomic E-state index is -0.638. The third-order valence-electron chi connectivity index (χ3n) is 5.05. The minimum Gasteiger partial charge on any atom is -0.491 e. The van der Waals surface area contributed by atoms with Gasteiger partial charge in [0.2, 0.25) is 0 Å². The highest BCUT2D eigenvalue weighted by Crippen LogP contribution is 2.17. The van der Waals surface area contributed by atoms with Gasteiger partial charge in [0.15, 0.2) is 0 Å². The first-order chi connectivity index (χ1) is 13.6. The quantitative estimate of drug-likeness (QED) is 0.673. The number of aliphatic hydroxyl groups is 1. The molecule has 4 nitrogen and oxygen atoms in total. The summed E-state index contributed by atoms with van der Waals surface area (Å²) in [6.07, 6.45) is 2.77. The van der Waals surface area contributed by atoms with Crippen LogP contribution in [0.2, 0.25) is 0 Å². The monoisotopic (exact) mass is 387 g/mol. The van der Waals surface area contributed by atoms with E-state index in [9.17, 15) is 9.50 Å². The largest absolute Gasteiger partial charge is 0.491 e. The van der Waals surface area contributed by atoms with Gasteiger partial charge in [0, 0.05) is 26.2 Å². The molecule has 0 amide bonds. The second-order valence-corrected chi connectivity index (χ2v) is 7.42. The molecular formula is C23H30FNO3. The van der Waals surface area contributed by atoms with Gasteiger partial charge in [-0.1, -0.05) is 31.2 Å². The lowest BCUT2D eigenvalue weighted by molar-refractivity contribution is 0.0313. The van der Waals surface area contributed by atoms with Crippen molar-refractivity contribution < 1.29 is 19.0 Å². The van der Waals surface area contributed by atoms with Gasteiger partial charge in [0.05, 0.1) is 6.10 Å². The van der Waals surface area contributed by atoms with Gasteiger partial charge in [0.1, 0.15) is 24.3 Å². The van der Waals surface area contributed by atoms with E-state index in [1.165, 1.54) is 23.3 Å². The van der Waals surface area contributed by atoms with Crippen LogP contribution in [-0.4, -0.2) is 48.5 Å². The summed E-state index contributed by atoms with van der Waals surface area (Å²) in [6.45, 7) is 5.19. The van der Waals surface area contributed by atoms with Crippen LogP contribution in [0.1, 0.15) is 30.9 Å². The molecule has 1 aliphatic rings. The highest BCUT2D eigenvalue weighted by atomic mass is 19.1. The van der Waals surface area contributed by atoms with Gasteiger partial charge in [-0.25, -0.2) is 4.39 Å². The third kappa shape index (κ3) is 6.59. The van der Waals surface area contributed by atoms with Gasteiger partial charge in [-0.15, -0.1) is 0 Å². The van der Waals surface area contributed by atoms with E-state index in [1.807, 2.05) is 0 Å². The Morgan fingerprint density at radius 3 is 2.50 bits per heavy atom. The third-order valence-corrected chi connectivity index (χ3v) is 5.05. The van der Waals surface area contributed by atoms with Crippen molar-refractivity contribution in [3.63, 3.8) is 0 Å². The average molecular weight is 387 g/mol. The standard InChI is InChI=1S/C23H30FNO3/c1-2-18-5-7-19(8-6-18)14-25(16-23-4-3-13-27-23)15-21(26)17-28-22-11-9-20(24)10-12-22/h5-12,21,23,26H,2-4,13-17H2,1H3. The number of hydrogen-bond acceptors (Lipinski definition) is 4. The average Bonchev–Trinajstić information content (AvgIpc) is 3.21. The number of benzene rings is 2. The van der Waals surface area contributed by atoms with Crippen molar-refractivity contribution in [2.75, 3.05) is 26.3 Å². The number of halogens is 1. The molecule has 0 aromatic heterocycles. The number of rotatable bonds is 10. The number of aryl methyl sites for hydroxylation is 1. The number of nitrogens with zero attached hydrogens (tertiary/aromatic N) is 1. The van der Waals surface area contributed by atoms with Crippen molar-refractivity contribution in [3.05, 3.63) is 65.5 Å². The topological polar surface area (TPSA) is 41.9 Å². The van der Waals surface area contributed by atoms with E-state index < -0.39 is 6.10 Å². The Kier molecular flexibility index (Phi) is 7.83. The molecule has 2 aromatic rings. The fourth-order valence-corrected chi connectivity index (χ4v) is 3.49. The summed E-state index contributed by atoms with van der Waals surface area (Å²) in [6, 6.07) is 14.5. The zero-order chi connectivity index (χ0) is 19.8. The van der Waals surface area contributed by atoms with Crippen LogP contribution in [0.4, 0.5) is 4.39 Å². The summed E-state index contributed by atoms with van der Waals surface area (Å²) >= 11 is 0. The zero-order valence-electron chi connectivity index (χ0n) is 16.5. The Morgan fingerprint density at radius 1 is 1.14 bits per heavy atom. The Labute approximate surface area is 166 Å². The molecule has 0 bridgehead atoms. The predicted molar refractivity (Wildman–Crippen MR) is 108 cm³/mol. The van der Waals surface area contributed by atoms with E-state index in [0.29, 0.717) is 12.3 Å². The number of aliphatic hydroxyl groups excluding tert-OH is 1. The molecule has 3 rings (SSSR count). The summed E-state index contributed by atoms with van der Waals surface area (Å²) in [4.78, 5) is 2.23. The lowest BCUT2D eigenvalue weighted by Gasteiger charge is -2.27. The molecule has 1 aliphatic heterocycles.